The van der Waals surface area contributed by atoms with Crippen LogP contribution in [0.15, 0.2) is 97.2 Å². The zero-order valence-corrected chi connectivity index (χ0v) is 19.7. The smallest absolute Gasteiger partial charge is 0.168 e. The molecule has 0 radical (unpaired) electrons. The van der Waals surface area contributed by atoms with Crippen LogP contribution in [0.5, 0.6) is 0 Å². The fourth-order valence-electron chi connectivity index (χ4n) is 4.25. The fourth-order valence-corrected chi connectivity index (χ4v) is 4.25. The zero-order valence-electron chi connectivity index (χ0n) is 19.7. The molecule has 0 spiro atoms. The van der Waals surface area contributed by atoms with E-state index in [4.69, 9.17) is 4.98 Å². The Bertz CT molecular complexity index is 1460. The summed E-state index contributed by atoms with van der Waals surface area (Å²) in [5, 5.41) is 4.51. The van der Waals surface area contributed by atoms with Gasteiger partial charge in [-0.2, -0.15) is 5.10 Å². The van der Waals surface area contributed by atoms with Crippen LogP contribution in [0, 0.1) is 0 Å². The lowest BCUT2D eigenvalue weighted by molar-refractivity contribution is 0.0992. The van der Waals surface area contributed by atoms with Crippen molar-refractivity contribution in [3.05, 3.63) is 114 Å². The third-order valence-corrected chi connectivity index (χ3v) is 6.11. The van der Waals surface area contributed by atoms with Crippen LogP contribution in [0.1, 0.15) is 42.4 Å². The Morgan fingerprint density at radius 1 is 0.824 bits per heavy atom. The molecule has 168 valence electrons. The average molecular weight is 446 g/mol. The molecule has 3 aromatic carbocycles. The molecule has 0 bridgehead atoms. The van der Waals surface area contributed by atoms with Crippen LogP contribution in [-0.2, 0) is 11.8 Å². The molecule has 5 aromatic rings. The van der Waals surface area contributed by atoms with Crippen molar-refractivity contribution < 1.29 is 4.79 Å². The van der Waals surface area contributed by atoms with Gasteiger partial charge in [0.05, 0.1) is 24.0 Å². The number of rotatable bonds is 5. The Hall–Kier alpha value is -4.05. The van der Waals surface area contributed by atoms with Crippen molar-refractivity contribution in [3.8, 4) is 22.4 Å². The number of aromatic nitrogens is 3. The van der Waals surface area contributed by atoms with E-state index in [0.29, 0.717) is 5.56 Å². The maximum atomic E-state index is 13.1. The summed E-state index contributed by atoms with van der Waals surface area (Å²) < 4.78 is 1.84. The van der Waals surface area contributed by atoms with Crippen LogP contribution < -0.4 is 0 Å². The van der Waals surface area contributed by atoms with Crippen LogP contribution in [0.2, 0.25) is 0 Å². The van der Waals surface area contributed by atoms with Gasteiger partial charge in [-0.25, -0.2) is 9.50 Å². The molecule has 2 aromatic heterocycles. The van der Waals surface area contributed by atoms with Gasteiger partial charge in [-0.1, -0.05) is 99.6 Å². The summed E-state index contributed by atoms with van der Waals surface area (Å²) in [4.78, 5) is 17.8. The molecule has 2 heterocycles. The number of hydrogen-bond donors (Lipinski definition) is 0. The van der Waals surface area contributed by atoms with Crippen LogP contribution in [0.3, 0.4) is 0 Å². The lowest BCUT2D eigenvalue weighted by atomic mass is 9.86. The SMILES string of the molecule is CC(C)(C)c1ccc(C(=O)Cc2cc(-c3ccccc3-c3ccccc3)n3nccc3n2)cc1. The molecule has 0 unspecified atom stereocenters. The highest BCUT2D eigenvalue weighted by Crippen LogP contribution is 2.32. The summed E-state index contributed by atoms with van der Waals surface area (Å²) in [7, 11) is 0. The minimum absolute atomic E-state index is 0.0528. The Morgan fingerprint density at radius 2 is 1.50 bits per heavy atom. The topological polar surface area (TPSA) is 47.3 Å². The number of ketones is 1. The lowest BCUT2D eigenvalue weighted by Crippen LogP contribution is -2.12. The second kappa shape index (κ2) is 8.71. The van der Waals surface area contributed by atoms with E-state index in [0.717, 1.165) is 33.7 Å². The molecule has 0 aliphatic heterocycles. The Morgan fingerprint density at radius 3 is 2.21 bits per heavy atom. The van der Waals surface area contributed by atoms with Crippen LogP contribution in [0.4, 0.5) is 0 Å². The first-order valence-electron chi connectivity index (χ1n) is 11.5. The molecule has 4 nitrogen and oxygen atoms in total. The molecule has 0 aliphatic carbocycles. The second-order valence-corrected chi connectivity index (χ2v) is 9.57. The molecule has 0 saturated carbocycles. The summed E-state index contributed by atoms with van der Waals surface area (Å²) >= 11 is 0. The maximum Gasteiger partial charge on any atom is 0.168 e. The van der Waals surface area contributed by atoms with Crippen molar-refractivity contribution in [3.63, 3.8) is 0 Å². The van der Waals surface area contributed by atoms with Gasteiger partial charge in [-0.3, -0.25) is 4.79 Å². The van der Waals surface area contributed by atoms with Gasteiger partial charge < -0.3 is 0 Å². The Labute approximate surface area is 199 Å². The van der Waals surface area contributed by atoms with Gasteiger partial charge in [0, 0.05) is 17.2 Å². The van der Waals surface area contributed by atoms with Gasteiger partial charge in [0.15, 0.2) is 11.4 Å². The van der Waals surface area contributed by atoms with Gasteiger partial charge in [0.2, 0.25) is 0 Å². The summed E-state index contributed by atoms with van der Waals surface area (Å²) in [6, 6.07) is 30.4. The number of benzene rings is 3. The van der Waals surface area contributed by atoms with E-state index < -0.39 is 0 Å². The van der Waals surface area contributed by atoms with Crippen molar-refractivity contribution in [1.29, 1.82) is 0 Å². The second-order valence-electron chi connectivity index (χ2n) is 9.57. The molecular formula is C30H27N3O. The van der Waals surface area contributed by atoms with Crippen molar-refractivity contribution in [2.75, 3.05) is 0 Å². The summed E-state index contributed by atoms with van der Waals surface area (Å²) in [5.41, 5.74) is 7.64. The molecule has 5 rings (SSSR count). The van der Waals surface area contributed by atoms with Gasteiger partial charge in [0.25, 0.3) is 0 Å². The summed E-state index contributed by atoms with van der Waals surface area (Å²) in [5.74, 6) is 0.0547. The average Bonchev–Trinajstić information content (AvgIpc) is 3.32. The number of Topliss-reactive ketones (excluding diaryl/α,β-unsaturated/α-hetero) is 1. The maximum absolute atomic E-state index is 13.1. The highest BCUT2D eigenvalue weighted by molar-refractivity contribution is 5.97. The lowest BCUT2D eigenvalue weighted by Gasteiger charge is -2.19. The molecular weight excluding hydrogens is 418 g/mol. The summed E-state index contributed by atoms with van der Waals surface area (Å²) in [6.07, 6.45) is 1.98. The van der Waals surface area contributed by atoms with Gasteiger partial charge >= 0.3 is 0 Å². The molecule has 0 fully saturated rings. The normalized spacial score (nSPS) is 11.6. The number of fused-ring (bicyclic) bond motifs is 1. The van der Waals surface area contributed by atoms with E-state index >= 15 is 0 Å². The monoisotopic (exact) mass is 445 g/mol. The predicted molar refractivity (Wildman–Crippen MR) is 137 cm³/mol. The molecule has 4 heteroatoms. The Balaban J connectivity index is 1.54. The van der Waals surface area contributed by atoms with E-state index in [1.807, 2.05) is 71.2 Å². The standard InChI is InChI=1S/C30H27N3O/c1-30(2,3)23-15-13-22(14-16-23)28(34)20-24-19-27(33-29(32-24)17-18-31-33)26-12-8-7-11-25(26)21-9-5-4-6-10-21/h4-19H,20H2,1-3H3. The van der Waals surface area contributed by atoms with Crippen LogP contribution >= 0.6 is 0 Å². The molecule has 0 saturated heterocycles. The molecule has 0 N–H and O–H groups in total. The van der Waals surface area contributed by atoms with E-state index in [2.05, 4.69) is 50.1 Å². The van der Waals surface area contributed by atoms with Crippen LogP contribution in [0.25, 0.3) is 28.0 Å². The van der Waals surface area contributed by atoms with Crippen molar-refractivity contribution in [1.82, 2.24) is 14.6 Å². The van der Waals surface area contributed by atoms with E-state index in [-0.39, 0.29) is 17.6 Å². The van der Waals surface area contributed by atoms with Gasteiger partial charge in [0.1, 0.15) is 0 Å². The highest BCUT2D eigenvalue weighted by atomic mass is 16.1. The fraction of sp³-hybridized carbons (Fsp3) is 0.167. The molecule has 34 heavy (non-hydrogen) atoms. The third-order valence-electron chi connectivity index (χ3n) is 6.11. The minimum Gasteiger partial charge on any atom is -0.294 e. The third kappa shape index (κ3) is 4.27. The van der Waals surface area contributed by atoms with E-state index in [1.54, 1.807) is 6.20 Å². The predicted octanol–water partition coefficient (Wildman–Crippen LogP) is 6.79. The minimum atomic E-state index is 0.0528. The Kier molecular flexibility index (Phi) is 5.58. The molecule has 0 aliphatic rings. The first kappa shape index (κ1) is 21.8. The van der Waals surface area contributed by atoms with Crippen LogP contribution in [-0.4, -0.2) is 20.4 Å². The number of carbonyl (C=O) groups is 1. The number of hydrogen-bond acceptors (Lipinski definition) is 3. The van der Waals surface area contributed by atoms with Gasteiger partial charge in [-0.15, -0.1) is 0 Å². The quantitative estimate of drug-likeness (QED) is 0.280. The first-order valence-corrected chi connectivity index (χ1v) is 11.5. The first-order chi connectivity index (χ1) is 16.4. The number of nitrogens with zero attached hydrogens (tertiary/aromatic N) is 3. The summed E-state index contributed by atoms with van der Waals surface area (Å²) in [6.45, 7) is 6.51. The van der Waals surface area contributed by atoms with Crippen molar-refractivity contribution >= 4 is 11.4 Å². The number of carbonyl (C=O) groups excluding carboxylic acids is 1. The van der Waals surface area contributed by atoms with Gasteiger partial charge in [-0.05, 0) is 28.2 Å². The molecule has 0 atom stereocenters. The molecule has 0 amide bonds. The highest BCUT2D eigenvalue weighted by Gasteiger charge is 2.17. The van der Waals surface area contributed by atoms with Crippen molar-refractivity contribution in [2.45, 2.75) is 32.6 Å². The zero-order chi connectivity index (χ0) is 23.7. The van der Waals surface area contributed by atoms with E-state index in [1.165, 1.54) is 5.56 Å². The largest absolute Gasteiger partial charge is 0.294 e. The van der Waals surface area contributed by atoms with Crippen molar-refractivity contribution in [2.24, 2.45) is 0 Å². The van der Waals surface area contributed by atoms with E-state index in [9.17, 15) is 4.79 Å².